The number of benzene rings is 1. The minimum Gasteiger partial charge on any atom is -0.398 e. The van der Waals surface area contributed by atoms with Crippen molar-refractivity contribution in [3.63, 3.8) is 0 Å². The molecule has 66 valence electrons. The van der Waals surface area contributed by atoms with E-state index in [1.54, 1.807) is 6.07 Å². The SMILES string of the molecule is Nc1cc(C(N)CO)ccc1Br. The number of hydrogen-bond acceptors (Lipinski definition) is 3. The number of aliphatic hydroxyl groups is 1. The molecule has 0 saturated carbocycles. The van der Waals surface area contributed by atoms with Gasteiger partial charge in [0.05, 0.1) is 12.6 Å². The van der Waals surface area contributed by atoms with Gasteiger partial charge in [0.2, 0.25) is 0 Å². The van der Waals surface area contributed by atoms with E-state index in [9.17, 15) is 0 Å². The molecule has 1 aromatic rings. The van der Waals surface area contributed by atoms with Gasteiger partial charge in [-0.2, -0.15) is 0 Å². The first kappa shape index (κ1) is 9.51. The average Bonchev–Trinajstić information content (AvgIpc) is 2.08. The zero-order valence-corrected chi connectivity index (χ0v) is 8.08. The van der Waals surface area contributed by atoms with Crippen molar-refractivity contribution < 1.29 is 5.11 Å². The Morgan fingerprint density at radius 1 is 1.50 bits per heavy atom. The maximum absolute atomic E-state index is 8.77. The van der Waals surface area contributed by atoms with Crippen LogP contribution in [0.5, 0.6) is 0 Å². The third kappa shape index (κ3) is 1.97. The number of anilines is 1. The van der Waals surface area contributed by atoms with Gasteiger partial charge in [-0.05, 0) is 33.6 Å². The van der Waals surface area contributed by atoms with Gasteiger partial charge in [0.25, 0.3) is 0 Å². The lowest BCUT2D eigenvalue weighted by atomic mass is 10.1. The van der Waals surface area contributed by atoms with Crippen molar-refractivity contribution in [3.05, 3.63) is 28.2 Å². The first-order valence-electron chi connectivity index (χ1n) is 3.56. The number of nitrogens with two attached hydrogens (primary N) is 2. The van der Waals surface area contributed by atoms with Crippen LogP contribution in [0.4, 0.5) is 5.69 Å². The van der Waals surface area contributed by atoms with Gasteiger partial charge < -0.3 is 16.6 Å². The lowest BCUT2D eigenvalue weighted by Crippen LogP contribution is -2.14. The second kappa shape index (κ2) is 3.89. The van der Waals surface area contributed by atoms with E-state index in [1.807, 2.05) is 12.1 Å². The summed E-state index contributed by atoms with van der Waals surface area (Å²) >= 11 is 3.27. The summed E-state index contributed by atoms with van der Waals surface area (Å²) in [5.74, 6) is 0. The molecule has 0 saturated heterocycles. The summed E-state index contributed by atoms with van der Waals surface area (Å²) in [5.41, 5.74) is 12.7. The van der Waals surface area contributed by atoms with Gasteiger partial charge in [-0.15, -0.1) is 0 Å². The van der Waals surface area contributed by atoms with Crippen LogP contribution in [0.15, 0.2) is 22.7 Å². The quantitative estimate of drug-likeness (QED) is 0.665. The Morgan fingerprint density at radius 3 is 2.67 bits per heavy atom. The second-order valence-corrected chi connectivity index (χ2v) is 3.42. The summed E-state index contributed by atoms with van der Waals surface area (Å²) in [7, 11) is 0. The topological polar surface area (TPSA) is 72.3 Å². The minimum absolute atomic E-state index is 0.0684. The largest absolute Gasteiger partial charge is 0.398 e. The van der Waals surface area contributed by atoms with Gasteiger partial charge in [0.15, 0.2) is 0 Å². The zero-order valence-electron chi connectivity index (χ0n) is 6.50. The predicted molar refractivity (Wildman–Crippen MR) is 52.6 cm³/mol. The van der Waals surface area contributed by atoms with Gasteiger partial charge >= 0.3 is 0 Å². The molecule has 12 heavy (non-hydrogen) atoms. The summed E-state index contributed by atoms with van der Waals surface area (Å²) < 4.78 is 0.844. The smallest absolute Gasteiger partial charge is 0.0624 e. The Balaban J connectivity index is 2.96. The van der Waals surface area contributed by atoms with Crippen LogP contribution in [-0.4, -0.2) is 11.7 Å². The third-order valence-corrected chi connectivity index (χ3v) is 2.37. The van der Waals surface area contributed by atoms with Crippen LogP contribution in [0.1, 0.15) is 11.6 Å². The third-order valence-electron chi connectivity index (χ3n) is 1.64. The van der Waals surface area contributed by atoms with E-state index in [2.05, 4.69) is 15.9 Å². The molecule has 1 unspecified atom stereocenters. The molecule has 0 aliphatic rings. The van der Waals surface area contributed by atoms with Crippen molar-refractivity contribution in [1.29, 1.82) is 0 Å². The predicted octanol–water partition coefficient (Wildman–Crippen LogP) is 1.02. The molecule has 0 aromatic heterocycles. The van der Waals surface area contributed by atoms with Crippen molar-refractivity contribution in [2.45, 2.75) is 6.04 Å². The van der Waals surface area contributed by atoms with E-state index in [0.29, 0.717) is 5.69 Å². The van der Waals surface area contributed by atoms with E-state index >= 15 is 0 Å². The summed E-state index contributed by atoms with van der Waals surface area (Å²) in [4.78, 5) is 0. The van der Waals surface area contributed by atoms with Crippen molar-refractivity contribution in [1.82, 2.24) is 0 Å². The molecule has 0 radical (unpaired) electrons. The molecular weight excluding hydrogens is 220 g/mol. The summed E-state index contributed by atoms with van der Waals surface area (Å²) in [5, 5.41) is 8.77. The lowest BCUT2D eigenvalue weighted by molar-refractivity contribution is 0.268. The molecule has 0 spiro atoms. The van der Waals surface area contributed by atoms with Crippen LogP contribution >= 0.6 is 15.9 Å². The van der Waals surface area contributed by atoms with Gasteiger partial charge in [-0.3, -0.25) is 0 Å². The van der Waals surface area contributed by atoms with E-state index in [0.717, 1.165) is 10.0 Å². The first-order valence-corrected chi connectivity index (χ1v) is 4.36. The standard InChI is InChI=1S/C8H11BrN2O/c9-6-2-1-5(3-7(6)10)8(11)4-12/h1-3,8,12H,4,10-11H2. The fraction of sp³-hybridized carbons (Fsp3) is 0.250. The molecule has 0 fully saturated rings. The highest BCUT2D eigenvalue weighted by Crippen LogP contribution is 2.22. The van der Waals surface area contributed by atoms with E-state index in [1.165, 1.54) is 0 Å². The van der Waals surface area contributed by atoms with E-state index in [4.69, 9.17) is 16.6 Å². The molecule has 3 nitrogen and oxygen atoms in total. The zero-order chi connectivity index (χ0) is 9.14. The van der Waals surface area contributed by atoms with E-state index in [-0.39, 0.29) is 12.6 Å². The number of halogens is 1. The molecule has 0 heterocycles. The van der Waals surface area contributed by atoms with Gasteiger partial charge in [-0.25, -0.2) is 0 Å². The molecular formula is C8H11BrN2O. The summed E-state index contributed by atoms with van der Waals surface area (Å²) in [6.45, 7) is -0.0684. The Morgan fingerprint density at radius 2 is 2.17 bits per heavy atom. The molecule has 0 amide bonds. The van der Waals surface area contributed by atoms with Crippen molar-refractivity contribution in [2.24, 2.45) is 5.73 Å². The Bertz CT molecular complexity index is 278. The average molecular weight is 231 g/mol. The normalized spacial score (nSPS) is 12.9. The maximum atomic E-state index is 8.77. The van der Waals surface area contributed by atoms with Crippen LogP contribution in [0.2, 0.25) is 0 Å². The number of aliphatic hydroxyl groups excluding tert-OH is 1. The van der Waals surface area contributed by atoms with Gasteiger partial charge in [0, 0.05) is 10.2 Å². The van der Waals surface area contributed by atoms with Crippen LogP contribution in [0.25, 0.3) is 0 Å². The molecule has 1 aromatic carbocycles. The summed E-state index contributed by atoms with van der Waals surface area (Å²) in [6, 6.07) is 5.06. The Kier molecular flexibility index (Phi) is 3.08. The maximum Gasteiger partial charge on any atom is 0.0624 e. The Labute approximate surface area is 79.5 Å². The van der Waals surface area contributed by atoms with Crippen LogP contribution in [0.3, 0.4) is 0 Å². The molecule has 0 aliphatic heterocycles. The van der Waals surface area contributed by atoms with Crippen LogP contribution in [-0.2, 0) is 0 Å². The minimum atomic E-state index is -0.347. The molecule has 1 rings (SSSR count). The molecule has 1 atom stereocenters. The first-order chi connectivity index (χ1) is 5.65. The van der Waals surface area contributed by atoms with Crippen molar-refractivity contribution in [2.75, 3.05) is 12.3 Å². The Hall–Kier alpha value is -0.580. The fourth-order valence-corrected chi connectivity index (χ4v) is 1.14. The van der Waals surface area contributed by atoms with Crippen LogP contribution in [0, 0.1) is 0 Å². The summed E-state index contributed by atoms with van der Waals surface area (Å²) in [6.07, 6.45) is 0. The molecule has 4 heteroatoms. The van der Waals surface area contributed by atoms with Gasteiger partial charge in [0.1, 0.15) is 0 Å². The molecule has 5 N–H and O–H groups in total. The molecule has 0 aliphatic carbocycles. The fourth-order valence-electron chi connectivity index (χ4n) is 0.898. The second-order valence-electron chi connectivity index (χ2n) is 2.57. The van der Waals surface area contributed by atoms with Gasteiger partial charge in [-0.1, -0.05) is 6.07 Å². The highest BCUT2D eigenvalue weighted by molar-refractivity contribution is 9.10. The van der Waals surface area contributed by atoms with Crippen molar-refractivity contribution >= 4 is 21.6 Å². The van der Waals surface area contributed by atoms with Crippen molar-refractivity contribution in [3.8, 4) is 0 Å². The monoisotopic (exact) mass is 230 g/mol. The highest BCUT2D eigenvalue weighted by Gasteiger charge is 2.05. The highest BCUT2D eigenvalue weighted by atomic mass is 79.9. The molecule has 0 bridgehead atoms. The number of hydrogen-bond donors (Lipinski definition) is 3. The number of nitrogen functional groups attached to an aromatic ring is 1. The number of rotatable bonds is 2. The van der Waals surface area contributed by atoms with E-state index < -0.39 is 0 Å². The lowest BCUT2D eigenvalue weighted by Gasteiger charge is -2.09. The van der Waals surface area contributed by atoms with Crippen LogP contribution < -0.4 is 11.5 Å².